The first kappa shape index (κ1) is 14.0. The van der Waals surface area contributed by atoms with E-state index in [0.29, 0.717) is 18.9 Å². The minimum absolute atomic E-state index is 0.680. The van der Waals surface area contributed by atoms with Crippen molar-refractivity contribution in [1.29, 1.82) is 0 Å². The summed E-state index contributed by atoms with van der Waals surface area (Å²) < 4.78 is 11.3. The fourth-order valence-electron chi connectivity index (χ4n) is 1.99. The van der Waals surface area contributed by atoms with Crippen LogP contribution in [0.15, 0.2) is 18.2 Å². The van der Waals surface area contributed by atoms with Crippen LogP contribution in [0.3, 0.4) is 0 Å². The molecule has 1 fully saturated rings. The van der Waals surface area contributed by atoms with Gasteiger partial charge >= 0.3 is 0 Å². The van der Waals surface area contributed by atoms with Gasteiger partial charge < -0.3 is 20.1 Å². The van der Waals surface area contributed by atoms with Gasteiger partial charge in [0.2, 0.25) is 0 Å². The fraction of sp³-hybridized carbons (Fsp3) is 0.600. The monoisotopic (exact) mass is 264 g/mol. The van der Waals surface area contributed by atoms with Gasteiger partial charge in [-0.05, 0) is 26.3 Å². The van der Waals surface area contributed by atoms with Crippen LogP contribution < -0.4 is 15.2 Å². The molecule has 2 N–H and O–H groups in total. The van der Waals surface area contributed by atoms with Gasteiger partial charge in [0.15, 0.2) is 0 Å². The van der Waals surface area contributed by atoms with Crippen LogP contribution in [0.1, 0.15) is 26.2 Å². The average molecular weight is 264 g/mol. The first-order valence-electron chi connectivity index (χ1n) is 7.05. The van der Waals surface area contributed by atoms with Gasteiger partial charge in [0, 0.05) is 36.5 Å². The maximum absolute atomic E-state index is 5.85. The lowest BCUT2D eigenvalue weighted by Crippen LogP contribution is -2.26. The molecule has 1 aromatic carbocycles. The largest absolute Gasteiger partial charge is 0.493 e. The number of likely N-dealkylation sites (N-methyl/N-ethyl adjacent to an activating group) is 1. The third-order valence-electron chi connectivity index (χ3n) is 3.26. The van der Waals surface area contributed by atoms with Crippen molar-refractivity contribution in [2.75, 3.05) is 32.5 Å². The van der Waals surface area contributed by atoms with E-state index in [4.69, 9.17) is 15.2 Å². The molecule has 0 aromatic heterocycles. The third kappa shape index (κ3) is 4.63. The molecule has 19 heavy (non-hydrogen) atoms. The van der Waals surface area contributed by atoms with Crippen LogP contribution in [0.25, 0.3) is 0 Å². The van der Waals surface area contributed by atoms with E-state index in [2.05, 4.69) is 18.9 Å². The Hall–Kier alpha value is -1.42. The molecule has 0 amide bonds. The summed E-state index contributed by atoms with van der Waals surface area (Å²) in [5.41, 5.74) is 6.53. The van der Waals surface area contributed by atoms with Gasteiger partial charge in [-0.2, -0.15) is 0 Å². The Morgan fingerprint density at radius 3 is 2.37 bits per heavy atom. The molecule has 106 valence electrons. The summed E-state index contributed by atoms with van der Waals surface area (Å²) in [6.45, 7) is 4.42. The molecule has 2 rings (SSSR count). The molecule has 0 radical (unpaired) electrons. The van der Waals surface area contributed by atoms with Crippen LogP contribution >= 0.6 is 0 Å². The van der Waals surface area contributed by atoms with E-state index in [1.54, 1.807) is 0 Å². The second-order valence-electron chi connectivity index (χ2n) is 5.15. The predicted molar refractivity (Wildman–Crippen MR) is 77.8 cm³/mol. The van der Waals surface area contributed by atoms with Crippen molar-refractivity contribution in [1.82, 2.24) is 4.90 Å². The number of nitrogens with zero attached hydrogens (tertiary/aromatic N) is 1. The van der Waals surface area contributed by atoms with Crippen LogP contribution in [0.5, 0.6) is 11.5 Å². The number of rotatable bonds is 8. The van der Waals surface area contributed by atoms with Crippen molar-refractivity contribution in [3.8, 4) is 11.5 Å². The van der Waals surface area contributed by atoms with E-state index in [-0.39, 0.29) is 0 Å². The summed E-state index contributed by atoms with van der Waals surface area (Å²) in [5, 5.41) is 0. The Morgan fingerprint density at radius 2 is 1.79 bits per heavy atom. The highest BCUT2D eigenvalue weighted by molar-refractivity contribution is 5.50. The maximum Gasteiger partial charge on any atom is 0.125 e. The first-order valence-corrected chi connectivity index (χ1v) is 7.05. The smallest absolute Gasteiger partial charge is 0.125 e. The van der Waals surface area contributed by atoms with Crippen molar-refractivity contribution >= 4 is 5.69 Å². The number of anilines is 1. The molecule has 1 aliphatic rings. The molecular formula is C15H24N2O2. The van der Waals surface area contributed by atoms with E-state index >= 15 is 0 Å². The van der Waals surface area contributed by atoms with Gasteiger partial charge in [-0.3, -0.25) is 0 Å². The Morgan fingerprint density at radius 1 is 1.16 bits per heavy atom. The molecule has 0 unspecified atom stereocenters. The third-order valence-corrected chi connectivity index (χ3v) is 3.26. The van der Waals surface area contributed by atoms with Crippen molar-refractivity contribution in [2.45, 2.75) is 32.2 Å². The normalized spacial score (nSPS) is 14.7. The Labute approximate surface area is 115 Å². The van der Waals surface area contributed by atoms with E-state index < -0.39 is 0 Å². The lowest BCUT2D eigenvalue weighted by Gasteiger charge is -2.16. The van der Waals surface area contributed by atoms with Crippen LogP contribution in [0, 0.1) is 0 Å². The zero-order chi connectivity index (χ0) is 13.7. The van der Waals surface area contributed by atoms with E-state index in [1.807, 2.05) is 18.2 Å². The number of hydrogen-bond acceptors (Lipinski definition) is 4. The SMILES string of the molecule is CCCOc1cc(N)cc(OCCN(C)C2CC2)c1. The molecule has 0 atom stereocenters. The molecule has 4 heteroatoms. The highest BCUT2D eigenvalue weighted by Crippen LogP contribution is 2.26. The van der Waals surface area contributed by atoms with Gasteiger partial charge in [-0.15, -0.1) is 0 Å². The zero-order valence-corrected chi connectivity index (χ0v) is 11.9. The minimum atomic E-state index is 0.680. The molecule has 1 aromatic rings. The number of nitrogen functional groups attached to an aromatic ring is 1. The molecule has 0 bridgehead atoms. The second-order valence-corrected chi connectivity index (χ2v) is 5.15. The lowest BCUT2D eigenvalue weighted by atomic mass is 10.3. The summed E-state index contributed by atoms with van der Waals surface area (Å²) in [5.74, 6) is 1.57. The van der Waals surface area contributed by atoms with Crippen molar-refractivity contribution in [3.05, 3.63) is 18.2 Å². The Bertz CT molecular complexity index is 405. The van der Waals surface area contributed by atoms with Gasteiger partial charge in [-0.1, -0.05) is 6.92 Å². The van der Waals surface area contributed by atoms with Gasteiger partial charge in [0.1, 0.15) is 18.1 Å². The Kier molecular flexibility index (Phi) is 4.91. The summed E-state index contributed by atoms with van der Waals surface area (Å²) in [4.78, 5) is 2.35. The van der Waals surface area contributed by atoms with Crippen LogP contribution in [0.2, 0.25) is 0 Å². The van der Waals surface area contributed by atoms with Crippen LogP contribution in [0.4, 0.5) is 5.69 Å². The standard InChI is InChI=1S/C15H24N2O2/c1-3-7-18-14-9-12(16)10-15(11-14)19-8-6-17(2)13-4-5-13/h9-11,13H,3-8,16H2,1-2H3. The maximum atomic E-state index is 5.85. The number of hydrogen-bond donors (Lipinski definition) is 1. The Balaban J connectivity index is 1.82. The highest BCUT2D eigenvalue weighted by atomic mass is 16.5. The highest BCUT2D eigenvalue weighted by Gasteiger charge is 2.25. The molecule has 1 saturated carbocycles. The molecular weight excluding hydrogens is 240 g/mol. The van der Waals surface area contributed by atoms with Crippen LogP contribution in [-0.4, -0.2) is 37.7 Å². The molecule has 0 aliphatic heterocycles. The minimum Gasteiger partial charge on any atom is -0.493 e. The van der Waals surface area contributed by atoms with Gasteiger partial charge in [-0.25, -0.2) is 0 Å². The van der Waals surface area contributed by atoms with Crippen molar-refractivity contribution in [2.24, 2.45) is 0 Å². The summed E-state index contributed by atoms with van der Waals surface area (Å²) in [6.07, 6.45) is 3.63. The number of nitrogens with two attached hydrogens (primary N) is 1. The predicted octanol–water partition coefficient (Wildman–Crippen LogP) is 2.53. The lowest BCUT2D eigenvalue weighted by molar-refractivity contribution is 0.231. The molecule has 0 saturated heterocycles. The van der Waals surface area contributed by atoms with E-state index in [9.17, 15) is 0 Å². The molecule has 0 heterocycles. The molecule has 1 aliphatic carbocycles. The van der Waals surface area contributed by atoms with Gasteiger partial charge in [0.05, 0.1) is 6.61 Å². The van der Waals surface area contributed by atoms with Crippen molar-refractivity contribution in [3.63, 3.8) is 0 Å². The fourth-order valence-corrected chi connectivity index (χ4v) is 1.99. The second kappa shape index (κ2) is 6.66. The topological polar surface area (TPSA) is 47.7 Å². The van der Waals surface area contributed by atoms with Gasteiger partial charge in [0.25, 0.3) is 0 Å². The summed E-state index contributed by atoms with van der Waals surface area (Å²) in [6, 6.07) is 6.35. The zero-order valence-electron chi connectivity index (χ0n) is 11.9. The summed E-state index contributed by atoms with van der Waals surface area (Å²) >= 11 is 0. The van der Waals surface area contributed by atoms with E-state index in [1.165, 1.54) is 12.8 Å². The number of ether oxygens (including phenoxy) is 2. The van der Waals surface area contributed by atoms with Crippen molar-refractivity contribution < 1.29 is 9.47 Å². The average Bonchev–Trinajstić information content (AvgIpc) is 3.20. The van der Waals surface area contributed by atoms with E-state index in [0.717, 1.165) is 30.5 Å². The van der Waals surface area contributed by atoms with Crippen LogP contribution in [-0.2, 0) is 0 Å². The summed E-state index contributed by atoms with van der Waals surface area (Å²) in [7, 11) is 2.15. The molecule has 0 spiro atoms. The number of benzene rings is 1. The quantitative estimate of drug-likeness (QED) is 0.733. The molecule has 4 nitrogen and oxygen atoms in total. The first-order chi connectivity index (χ1) is 9.19.